The zero-order valence-corrected chi connectivity index (χ0v) is 12.5. The summed E-state index contributed by atoms with van der Waals surface area (Å²) >= 11 is 1.77. The van der Waals surface area contributed by atoms with Crippen molar-refractivity contribution in [1.29, 1.82) is 0 Å². The van der Waals surface area contributed by atoms with Crippen molar-refractivity contribution >= 4 is 16.5 Å². The molecule has 4 nitrogen and oxygen atoms in total. The molecule has 0 aliphatic carbocycles. The normalized spacial score (nSPS) is 17.7. The first-order chi connectivity index (χ1) is 8.65. The Labute approximate surface area is 114 Å². The zero-order valence-electron chi connectivity index (χ0n) is 11.6. The summed E-state index contributed by atoms with van der Waals surface area (Å²) in [4.78, 5) is 10.9. The van der Waals surface area contributed by atoms with Crippen LogP contribution in [-0.2, 0) is 13.0 Å². The quantitative estimate of drug-likeness (QED) is 0.903. The van der Waals surface area contributed by atoms with Gasteiger partial charge in [0.15, 0.2) is 5.13 Å². The van der Waals surface area contributed by atoms with Crippen LogP contribution in [0.4, 0.5) is 5.13 Å². The van der Waals surface area contributed by atoms with Crippen molar-refractivity contribution in [3.05, 3.63) is 10.6 Å². The maximum Gasteiger partial charge on any atom is 0.185 e. The molecule has 0 spiro atoms. The lowest BCUT2D eigenvalue weighted by Crippen LogP contribution is -2.48. The van der Waals surface area contributed by atoms with Crippen LogP contribution in [0.5, 0.6) is 0 Å². The number of hydrogen-bond donors (Lipinski definition) is 1. The van der Waals surface area contributed by atoms with Gasteiger partial charge in [0.1, 0.15) is 0 Å². The van der Waals surface area contributed by atoms with Crippen LogP contribution in [-0.4, -0.2) is 42.1 Å². The van der Waals surface area contributed by atoms with E-state index in [1.54, 1.807) is 11.3 Å². The highest BCUT2D eigenvalue weighted by Crippen LogP contribution is 2.27. The highest BCUT2D eigenvalue weighted by atomic mass is 32.1. The minimum Gasteiger partial charge on any atom is -0.346 e. The van der Waals surface area contributed by atoms with Crippen LogP contribution in [0.2, 0.25) is 0 Å². The largest absolute Gasteiger partial charge is 0.346 e. The predicted octanol–water partition coefficient (Wildman–Crippen LogP) is 1.69. The Morgan fingerprint density at radius 1 is 1.28 bits per heavy atom. The highest BCUT2D eigenvalue weighted by molar-refractivity contribution is 7.15. The first-order valence-corrected chi connectivity index (χ1v) is 7.65. The van der Waals surface area contributed by atoms with Gasteiger partial charge < -0.3 is 10.6 Å². The van der Waals surface area contributed by atoms with Gasteiger partial charge in [-0.15, -0.1) is 11.3 Å². The van der Waals surface area contributed by atoms with Gasteiger partial charge in [-0.1, -0.05) is 6.92 Å². The summed E-state index contributed by atoms with van der Waals surface area (Å²) in [6.45, 7) is 11.7. The molecule has 18 heavy (non-hydrogen) atoms. The summed E-state index contributed by atoms with van der Waals surface area (Å²) in [5.74, 6) is 0. The molecular formula is C13H24N4S. The molecule has 0 bridgehead atoms. The smallest absolute Gasteiger partial charge is 0.185 e. The van der Waals surface area contributed by atoms with Crippen molar-refractivity contribution in [2.24, 2.45) is 5.73 Å². The molecule has 1 aromatic rings. The van der Waals surface area contributed by atoms with Crippen LogP contribution in [0.15, 0.2) is 0 Å². The molecule has 1 aliphatic heterocycles. The Balaban J connectivity index is 2.03. The number of aryl methyl sites for hydroxylation is 1. The van der Waals surface area contributed by atoms with Crippen LogP contribution >= 0.6 is 11.3 Å². The zero-order chi connectivity index (χ0) is 13.1. The third kappa shape index (κ3) is 2.84. The van der Waals surface area contributed by atoms with E-state index < -0.39 is 0 Å². The number of piperazine rings is 1. The molecule has 2 rings (SSSR count). The Bertz CT molecular complexity index is 359. The number of aromatic nitrogens is 1. The van der Waals surface area contributed by atoms with Crippen LogP contribution in [0.3, 0.4) is 0 Å². The van der Waals surface area contributed by atoms with E-state index in [0.717, 1.165) is 37.7 Å². The average Bonchev–Trinajstić information content (AvgIpc) is 2.82. The summed E-state index contributed by atoms with van der Waals surface area (Å²) in [6.07, 6.45) is 0.981. The van der Waals surface area contributed by atoms with Gasteiger partial charge in [0, 0.05) is 43.6 Å². The summed E-state index contributed by atoms with van der Waals surface area (Å²) < 4.78 is 0. The van der Waals surface area contributed by atoms with E-state index in [2.05, 4.69) is 30.6 Å². The fraction of sp³-hybridized carbons (Fsp3) is 0.769. The lowest BCUT2D eigenvalue weighted by atomic mass is 10.2. The van der Waals surface area contributed by atoms with Gasteiger partial charge in [0.05, 0.1) is 5.69 Å². The monoisotopic (exact) mass is 268 g/mol. The molecule has 2 N–H and O–H groups in total. The lowest BCUT2D eigenvalue weighted by Gasteiger charge is -2.36. The lowest BCUT2D eigenvalue weighted by molar-refractivity contribution is 0.209. The molecular weight excluding hydrogens is 244 g/mol. The van der Waals surface area contributed by atoms with Gasteiger partial charge in [-0.3, -0.25) is 4.90 Å². The van der Waals surface area contributed by atoms with Crippen molar-refractivity contribution < 1.29 is 0 Å². The molecule has 1 saturated heterocycles. The van der Waals surface area contributed by atoms with Gasteiger partial charge in [0.25, 0.3) is 0 Å². The number of hydrogen-bond acceptors (Lipinski definition) is 5. The minimum absolute atomic E-state index is 0.618. The Kier molecular flexibility index (Phi) is 4.59. The van der Waals surface area contributed by atoms with Crippen molar-refractivity contribution in [1.82, 2.24) is 9.88 Å². The van der Waals surface area contributed by atoms with E-state index in [0.29, 0.717) is 12.6 Å². The molecule has 0 radical (unpaired) electrons. The number of nitrogens with two attached hydrogens (primary N) is 1. The molecule has 2 heterocycles. The third-order valence-corrected chi connectivity index (χ3v) is 4.78. The molecule has 0 amide bonds. The van der Waals surface area contributed by atoms with Crippen LogP contribution in [0, 0.1) is 0 Å². The van der Waals surface area contributed by atoms with Gasteiger partial charge in [0.2, 0.25) is 0 Å². The van der Waals surface area contributed by atoms with Gasteiger partial charge in [-0.2, -0.15) is 0 Å². The molecule has 102 valence electrons. The first-order valence-electron chi connectivity index (χ1n) is 6.83. The van der Waals surface area contributed by atoms with Gasteiger partial charge in [-0.05, 0) is 20.3 Å². The SMILES string of the molecule is CCc1nc(N2CCN(C(C)C)CC2)sc1CN. The summed E-state index contributed by atoms with van der Waals surface area (Å²) in [5.41, 5.74) is 6.96. The second-order valence-corrected chi connectivity index (χ2v) is 6.10. The van der Waals surface area contributed by atoms with E-state index in [1.807, 2.05) is 0 Å². The third-order valence-electron chi connectivity index (χ3n) is 3.60. The molecule has 1 aromatic heterocycles. The molecule has 0 atom stereocenters. The summed E-state index contributed by atoms with van der Waals surface area (Å²) in [7, 11) is 0. The number of anilines is 1. The fourth-order valence-electron chi connectivity index (χ4n) is 2.37. The fourth-order valence-corrected chi connectivity index (χ4v) is 3.45. The maximum absolute atomic E-state index is 5.77. The predicted molar refractivity (Wildman–Crippen MR) is 78.3 cm³/mol. The first kappa shape index (κ1) is 13.8. The number of thiazole rings is 1. The Morgan fingerprint density at radius 2 is 1.94 bits per heavy atom. The number of nitrogens with zero attached hydrogens (tertiary/aromatic N) is 3. The molecule has 1 fully saturated rings. The minimum atomic E-state index is 0.618. The van der Waals surface area contributed by atoms with Crippen molar-refractivity contribution in [3.63, 3.8) is 0 Å². The Morgan fingerprint density at radius 3 is 2.39 bits per heavy atom. The maximum atomic E-state index is 5.77. The van der Waals surface area contributed by atoms with E-state index in [1.165, 1.54) is 10.6 Å². The average molecular weight is 268 g/mol. The summed E-state index contributed by atoms with van der Waals surface area (Å²) in [6, 6.07) is 0.647. The Hall–Kier alpha value is -0.650. The molecule has 5 heteroatoms. The van der Waals surface area contributed by atoms with E-state index in [4.69, 9.17) is 10.7 Å². The van der Waals surface area contributed by atoms with Crippen LogP contribution in [0.1, 0.15) is 31.3 Å². The highest BCUT2D eigenvalue weighted by Gasteiger charge is 2.21. The molecule has 0 saturated carbocycles. The second kappa shape index (κ2) is 5.99. The van der Waals surface area contributed by atoms with Gasteiger partial charge in [-0.25, -0.2) is 4.98 Å². The van der Waals surface area contributed by atoms with E-state index in [9.17, 15) is 0 Å². The van der Waals surface area contributed by atoms with Crippen molar-refractivity contribution in [2.45, 2.75) is 39.8 Å². The van der Waals surface area contributed by atoms with Crippen molar-refractivity contribution in [2.75, 3.05) is 31.1 Å². The van der Waals surface area contributed by atoms with Crippen LogP contribution < -0.4 is 10.6 Å². The molecule has 1 aliphatic rings. The van der Waals surface area contributed by atoms with Gasteiger partial charge >= 0.3 is 0 Å². The van der Waals surface area contributed by atoms with Crippen molar-refractivity contribution in [3.8, 4) is 0 Å². The van der Waals surface area contributed by atoms with E-state index >= 15 is 0 Å². The molecule has 0 aromatic carbocycles. The summed E-state index contributed by atoms with van der Waals surface area (Å²) in [5, 5.41) is 1.16. The molecule has 0 unspecified atom stereocenters. The van der Waals surface area contributed by atoms with Crippen LogP contribution in [0.25, 0.3) is 0 Å². The second-order valence-electron chi connectivity index (χ2n) is 5.04. The number of rotatable bonds is 4. The van der Waals surface area contributed by atoms with E-state index in [-0.39, 0.29) is 0 Å². The topological polar surface area (TPSA) is 45.4 Å². The standard InChI is InChI=1S/C13H24N4S/c1-4-11-12(9-14)18-13(15-11)17-7-5-16(6-8-17)10(2)3/h10H,4-9,14H2,1-3H3.